The maximum Gasteiger partial charge on any atom is 0.496 e. The van der Waals surface area contributed by atoms with E-state index in [1.54, 1.807) is 12.3 Å². The Balaban J connectivity index is 1.49. The van der Waals surface area contributed by atoms with Gasteiger partial charge in [-0.2, -0.15) is 0 Å². The molecule has 0 unspecified atom stereocenters. The molecule has 2 aromatic carbocycles. The number of rotatable bonds is 6. The van der Waals surface area contributed by atoms with E-state index in [0.717, 1.165) is 23.1 Å². The van der Waals surface area contributed by atoms with Crippen LogP contribution in [0.2, 0.25) is 0 Å². The number of hydrogen-bond acceptors (Lipinski definition) is 5. The van der Waals surface area contributed by atoms with Crippen molar-refractivity contribution < 1.29 is 14.1 Å². The van der Waals surface area contributed by atoms with Gasteiger partial charge >= 0.3 is 7.12 Å². The zero-order valence-corrected chi connectivity index (χ0v) is 21.4. The summed E-state index contributed by atoms with van der Waals surface area (Å²) in [6, 6.07) is 17.1. The standard InChI is InChI=1S/C28H34BN3O3/c1-18(2)15-19-7-9-20(10-8-19)26(33)32-25-16-21(11-13-23(25)30)24-14-12-22(17-31-24)29-34-27(3,4)28(5,6)35-29/h7-14,16-18H,15,30H2,1-6H3,(H,32,33). The first-order valence-electron chi connectivity index (χ1n) is 12.1. The lowest BCUT2D eigenvalue weighted by Gasteiger charge is -2.32. The van der Waals surface area contributed by atoms with E-state index >= 15 is 0 Å². The van der Waals surface area contributed by atoms with Gasteiger partial charge in [-0.1, -0.05) is 38.1 Å². The van der Waals surface area contributed by atoms with Gasteiger partial charge in [-0.25, -0.2) is 0 Å². The minimum absolute atomic E-state index is 0.200. The third kappa shape index (κ3) is 5.41. The molecule has 35 heavy (non-hydrogen) atoms. The fourth-order valence-electron chi connectivity index (χ4n) is 3.98. The van der Waals surface area contributed by atoms with Gasteiger partial charge in [-0.15, -0.1) is 0 Å². The van der Waals surface area contributed by atoms with Crippen molar-refractivity contribution in [3.63, 3.8) is 0 Å². The lowest BCUT2D eigenvalue weighted by Crippen LogP contribution is -2.41. The summed E-state index contributed by atoms with van der Waals surface area (Å²) in [5.74, 6) is 0.366. The van der Waals surface area contributed by atoms with Gasteiger partial charge in [0.2, 0.25) is 0 Å². The molecule has 0 spiro atoms. The van der Waals surface area contributed by atoms with Crippen LogP contribution < -0.4 is 16.5 Å². The molecule has 0 bridgehead atoms. The highest BCUT2D eigenvalue weighted by Crippen LogP contribution is 2.36. The van der Waals surface area contributed by atoms with E-state index in [9.17, 15) is 4.79 Å². The minimum atomic E-state index is -0.463. The first kappa shape index (κ1) is 25.0. The van der Waals surface area contributed by atoms with Crippen LogP contribution in [0.25, 0.3) is 11.3 Å². The quantitative estimate of drug-likeness (QED) is 0.387. The third-order valence-corrected chi connectivity index (χ3v) is 6.77. The van der Waals surface area contributed by atoms with E-state index < -0.39 is 18.3 Å². The number of carbonyl (C=O) groups excluding carboxylic acids is 1. The first-order valence-corrected chi connectivity index (χ1v) is 12.1. The summed E-state index contributed by atoms with van der Waals surface area (Å²) in [7, 11) is -0.463. The highest BCUT2D eigenvalue weighted by atomic mass is 16.7. The summed E-state index contributed by atoms with van der Waals surface area (Å²) < 4.78 is 12.2. The molecule has 4 rings (SSSR count). The largest absolute Gasteiger partial charge is 0.496 e. The highest BCUT2D eigenvalue weighted by Gasteiger charge is 2.51. The maximum absolute atomic E-state index is 12.8. The van der Waals surface area contributed by atoms with Gasteiger partial charge in [0, 0.05) is 22.8 Å². The molecule has 1 aliphatic rings. The molecule has 0 aliphatic carbocycles. The Labute approximate surface area is 208 Å². The van der Waals surface area contributed by atoms with Crippen molar-refractivity contribution in [3.8, 4) is 11.3 Å². The van der Waals surface area contributed by atoms with E-state index in [1.165, 1.54) is 5.56 Å². The van der Waals surface area contributed by atoms with Crippen molar-refractivity contribution in [3.05, 3.63) is 71.9 Å². The summed E-state index contributed by atoms with van der Waals surface area (Å²) in [6.07, 6.45) is 2.75. The van der Waals surface area contributed by atoms with Crippen LogP contribution in [0.1, 0.15) is 57.5 Å². The topological polar surface area (TPSA) is 86.5 Å². The van der Waals surface area contributed by atoms with E-state index in [1.807, 2.05) is 76.2 Å². The summed E-state index contributed by atoms with van der Waals surface area (Å²) in [5, 5.41) is 2.94. The lowest BCUT2D eigenvalue weighted by atomic mass is 9.80. The number of pyridine rings is 1. The molecule has 7 heteroatoms. The molecule has 0 saturated carbocycles. The normalized spacial score (nSPS) is 16.5. The molecule has 6 nitrogen and oxygen atoms in total. The molecule has 182 valence electrons. The molecule has 1 amide bonds. The monoisotopic (exact) mass is 471 g/mol. The van der Waals surface area contributed by atoms with Crippen LogP contribution in [-0.2, 0) is 15.7 Å². The Kier molecular flexibility index (Phi) is 6.76. The van der Waals surface area contributed by atoms with Gasteiger partial charge in [0.1, 0.15) is 0 Å². The van der Waals surface area contributed by atoms with Gasteiger partial charge in [-0.05, 0) is 75.9 Å². The molecule has 3 N–H and O–H groups in total. The van der Waals surface area contributed by atoms with Crippen LogP contribution in [0.3, 0.4) is 0 Å². The summed E-state index contributed by atoms with van der Waals surface area (Å²) >= 11 is 0. The van der Waals surface area contributed by atoms with Crippen molar-refractivity contribution in [1.82, 2.24) is 4.98 Å². The fraction of sp³-hybridized carbons (Fsp3) is 0.357. The zero-order valence-electron chi connectivity index (χ0n) is 21.4. The average molecular weight is 471 g/mol. The van der Waals surface area contributed by atoms with Crippen LogP contribution in [0, 0.1) is 5.92 Å². The highest BCUT2D eigenvalue weighted by molar-refractivity contribution is 6.62. The van der Waals surface area contributed by atoms with Gasteiger partial charge in [0.15, 0.2) is 0 Å². The van der Waals surface area contributed by atoms with E-state index in [-0.39, 0.29) is 5.91 Å². The second-order valence-electron chi connectivity index (χ2n) is 10.6. The summed E-state index contributed by atoms with van der Waals surface area (Å²) in [4.78, 5) is 17.5. The number of anilines is 2. The molecular weight excluding hydrogens is 437 g/mol. The van der Waals surface area contributed by atoms with Crippen LogP contribution in [-0.4, -0.2) is 29.2 Å². The number of amides is 1. The molecule has 0 atom stereocenters. The maximum atomic E-state index is 12.8. The molecule has 1 aliphatic heterocycles. The molecule has 1 aromatic heterocycles. The van der Waals surface area contributed by atoms with Crippen molar-refractivity contribution in [2.24, 2.45) is 5.92 Å². The van der Waals surface area contributed by atoms with Gasteiger partial charge in [-0.3, -0.25) is 9.78 Å². The van der Waals surface area contributed by atoms with Crippen molar-refractivity contribution in [2.45, 2.75) is 59.2 Å². The third-order valence-electron chi connectivity index (χ3n) is 6.77. The van der Waals surface area contributed by atoms with Crippen LogP contribution >= 0.6 is 0 Å². The SMILES string of the molecule is CC(C)Cc1ccc(C(=O)Nc2cc(-c3ccc(B4OC(C)(C)C(C)(C)O4)cn3)ccc2N)cc1. The van der Waals surface area contributed by atoms with E-state index in [4.69, 9.17) is 15.0 Å². The van der Waals surface area contributed by atoms with Gasteiger partial charge in [0.05, 0.1) is 28.3 Å². The Morgan fingerprint density at radius 1 is 1.00 bits per heavy atom. The smallest absolute Gasteiger partial charge is 0.399 e. The number of nitrogens with one attached hydrogen (secondary N) is 1. The molecular formula is C28H34BN3O3. The second kappa shape index (κ2) is 9.48. The molecule has 1 saturated heterocycles. The van der Waals surface area contributed by atoms with Crippen LogP contribution in [0.5, 0.6) is 0 Å². The number of benzene rings is 2. The van der Waals surface area contributed by atoms with Crippen LogP contribution in [0.4, 0.5) is 11.4 Å². The van der Waals surface area contributed by atoms with Crippen LogP contribution in [0.15, 0.2) is 60.8 Å². The molecule has 1 fully saturated rings. The van der Waals surface area contributed by atoms with Crippen molar-refractivity contribution >= 4 is 29.9 Å². The summed E-state index contributed by atoms with van der Waals surface area (Å²) in [5.41, 5.74) is 10.7. The Hall–Kier alpha value is -3.16. The number of aromatic nitrogens is 1. The van der Waals surface area contributed by atoms with E-state index in [2.05, 4.69) is 24.1 Å². The predicted molar refractivity (Wildman–Crippen MR) is 143 cm³/mol. The van der Waals surface area contributed by atoms with Crippen molar-refractivity contribution in [1.29, 1.82) is 0 Å². The summed E-state index contributed by atoms with van der Waals surface area (Å²) in [6.45, 7) is 12.5. The zero-order chi connectivity index (χ0) is 25.4. The lowest BCUT2D eigenvalue weighted by molar-refractivity contribution is 0.00578. The minimum Gasteiger partial charge on any atom is -0.399 e. The average Bonchev–Trinajstić information content (AvgIpc) is 3.02. The Bertz CT molecular complexity index is 1190. The number of carbonyl (C=O) groups is 1. The Morgan fingerprint density at radius 2 is 1.66 bits per heavy atom. The number of nitrogens with two attached hydrogens (primary N) is 1. The fourth-order valence-corrected chi connectivity index (χ4v) is 3.98. The van der Waals surface area contributed by atoms with Gasteiger partial charge in [0.25, 0.3) is 5.91 Å². The van der Waals surface area contributed by atoms with Crippen molar-refractivity contribution in [2.75, 3.05) is 11.1 Å². The Morgan fingerprint density at radius 3 is 2.23 bits per heavy atom. The first-order chi connectivity index (χ1) is 16.4. The second-order valence-corrected chi connectivity index (χ2v) is 10.6. The molecule has 2 heterocycles. The number of nitrogens with zero attached hydrogens (tertiary/aromatic N) is 1. The predicted octanol–water partition coefficient (Wildman–Crippen LogP) is 5.08. The van der Waals surface area contributed by atoms with E-state index in [0.29, 0.717) is 22.9 Å². The number of hydrogen-bond donors (Lipinski definition) is 2. The molecule has 0 radical (unpaired) electrons. The number of nitrogen functional groups attached to an aromatic ring is 1. The van der Waals surface area contributed by atoms with Gasteiger partial charge < -0.3 is 20.4 Å². The molecule has 3 aromatic rings.